The van der Waals surface area contributed by atoms with Gasteiger partial charge in [-0.05, 0) is 18.2 Å². The molecule has 2 heterocycles. The maximum absolute atomic E-state index is 11.2. The van der Waals surface area contributed by atoms with E-state index in [0.717, 1.165) is 28.7 Å². The van der Waals surface area contributed by atoms with Crippen LogP contribution in [0.25, 0.3) is 10.9 Å². The van der Waals surface area contributed by atoms with Crippen molar-refractivity contribution >= 4 is 17.2 Å². The fourth-order valence-electron chi connectivity index (χ4n) is 2.78. The summed E-state index contributed by atoms with van der Waals surface area (Å²) in [5.41, 5.74) is 1.73. The average molecular weight is 309 g/mol. The third kappa shape index (κ3) is 2.50. The van der Waals surface area contributed by atoms with Crippen LogP contribution in [0.1, 0.15) is 10.4 Å². The lowest BCUT2D eigenvalue weighted by Gasteiger charge is -2.09. The lowest BCUT2D eigenvalue weighted by atomic mass is 10.2. The Hall–Kier alpha value is -2.95. The Kier molecular flexibility index (Phi) is 3.38. The standard InChI is InChI=1S/C18H15NO4/c20-11-13-10-19(16-4-2-1-3-15(13)16)7-8-21-14-5-6-17-18(9-14)23-12-22-17/h1-6,9-11H,7-8,12H2. The number of benzene rings is 2. The molecule has 5 heteroatoms. The van der Waals surface area contributed by atoms with Crippen molar-refractivity contribution in [2.75, 3.05) is 13.4 Å². The van der Waals surface area contributed by atoms with E-state index in [4.69, 9.17) is 14.2 Å². The zero-order chi connectivity index (χ0) is 15.6. The van der Waals surface area contributed by atoms with Gasteiger partial charge < -0.3 is 18.8 Å². The van der Waals surface area contributed by atoms with Gasteiger partial charge in [0.1, 0.15) is 12.4 Å². The molecule has 0 unspecified atom stereocenters. The Labute approximate surface area is 133 Å². The first-order chi connectivity index (χ1) is 11.3. The summed E-state index contributed by atoms with van der Waals surface area (Å²) in [5, 5.41) is 0.963. The molecule has 4 rings (SSSR count). The Morgan fingerprint density at radius 1 is 1.13 bits per heavy atom. The van der Waals surface area contributed by atoms with Crippen LogP contribution in [0.15, 0.2) is 48.7 Å². The number of hydrogen-bond donors (Lipinski definition) is 0. The van der Waals surface area contributed by atoms with Crippen LogP contribution in [0.5, 0.6) is 17.2 Å². The minimum absolute atomic E-state index is 0.253. The van der Waals surface area contributed by atoms with Crippen LogP contribution >= 0.6 is 0 Å². The summed E-state index contributed by atoms with van der Waals surface area (Å²) >= 11 is 0. The monoisotopic (exact) mass is 309 g/mol. The topological polar surface area (TPSA) is 49.7 Å². The molecule has 0 aliphatic carbocycles. The minimum Gasteiger partial charge on any atom is -0.492 e. The van der Waals surface area contributed by atoms with Gasteiger partial charge in [0.15, 0.2) is 17.8 Å². The largest absolute Gasteiger partial charge is 0.492 e. The zero-order valence-corrected chi connectivity index (χ0v) is 12.4. The van der Waals surface area contributed by atoms with Crippen LogP contribution in [0.2, 0.25) is 0 Å². The molecule has 3 aromatic rings. The molecule has 0 radical (unpaired) electrons. The van der Waals surface area contributed by atoms with Gasteiger partial charge in [0.05, 0.1) is 6.54 Å². The van der Waals surface area contributed by atoms with E-state index in [-0.39, 0.29) is 6.79 Å². The molecule has 0 atom stereocenters. The van der Waals surface area contributed by atoms with Crippen LogP contribution in [0, 0.1) is 0 Å². The first-order valence-electron chi connectivity index (χ1n) is 7.40. The van der Waals surface area contributed by atoms with Crippen molar-refractivity contribution in [3.63, 3.8) is 0 Å². The van der Waals surface area contributed by atoms with Crippen LogP contribution in [0.3, 0.4) is 0 Å². The van der Waals surface area contributed by atoms with Gasteiger partial charge in [-0.2, -0.15) is 0 Å². The number of aldehydes is 1. The molecular weight excluding hydrogens is 294 g/mol. The second-order valence-electron chi connectivity index (χ2n) is 5.28. The van der Waals surface area contributed by atoms with Gasteiger partial charge in [-0.1, -0.05) is 18.2 Å². The normalized spacial score (nSPS) is 12.5. The number of aromatic nitrogens is 1. The third-order valence-electron chi connectivity index (χ3n) is 3.89. The first-order valence-corrected chi connectivity index (χ1v) is 7.40. The second-order valence-corrected chi connectivity index (χ2v) is 5.28. The van der Waals surface area contributed by atoms with E-state index >= 15 is 0 Å². The Balaban J connectivity index is 1.48. The van der Waals surface area contributed by atoms with Crippen molar-refractivity contribution in [1.29, 1.82) is 0 Å². The molecule has 0 N–H and O–H groups in total. The van der Waals surface area contributed by atoms with E-state index in [1.807, 2.05) is 53.2 Å². The average Bonchev–Trinajstić information content (AvgIpc) is 3.19. The molecule has 0 saturated heterocycles. The molecule has 0 bridgehead atoms. The lowest BCUT2D eigenvalue weighted by molar-refractivity contribution is 0.112. The molecule has 0 saturated carbocycles. The number of fused-ring (bicyclic) bond motifs is 2. The van der Waals surface area contributed by atoms with Crippen LogP contribution in [-0.4, -0.2) is 24.3 Å². The molecule has 2 aromatic carbocycles. The molecular formula is C18H15NO4. The molecule has 1 aliphatic rings. The predicted octanol–water partition coefficient (Wildman–Crippen LogP) is 3.26. The predicted molar refractivity (Wildman–Crippen MR) is 85.4 cm³/mol. The molecule has 0 amide bonds. The summed E-state index contributed by atoms with van der Waals surface area (Å²) in [4.78, 5) is 11.2. The Morgan fingerprint density at radius 2 is 2.00 bits per heavy atom. The number of para-hydroxylation sites is 1. The van der Waals surface area contributed by atoms with E-state index in [0.29, 0.717) is 24.5 Å². The lowest BCUT2D eigenvalue weighted by Crippen LogP contribution is -2.07. The summed E-state index contributed by atoms with van der Waals surface area (Å²) in [7, 11) is 0. The van der Waals surface area contributed by atoms with Gasteiger partial charge in [0.2, 0.25) is 6.79 Å². The summed E-state index contributed by atoms with van der Waals surface area (Å²) in [6.07, 6.45) is 2.75. The molecule has 1 aliphatic heterocycles. The number of hydrogen-bond acceptors (Lipinski definition) is 4. The highest BCUT2D eigenvalue weighted by molar-refractivity contribution is 5.97. The Morgan fingerprint density at radius 3 is 2.91 bits per heavy atom. The number of rotatable bonds is 5. The minimum atomic E-state index is 0.253. The van der Waals surface area contributed by atoms with Gasteiger partial charge in [-0.15, -0.1) is 0 Å². The fourth-order valence-corrected chi connectivity index (χ4v) is 2.78. The maximum atomic E-state index is 11.2. The van der Waals surface area contributed by atoms with Crippen molar-refractivity contribution < 1.29 is 19.0 Å². The van der Waals surface area contributed by atoms with Crippen LogP contribution in [0.4, 0.5) is 0 Å². The molecule has 1 aromatic heterocycles. The summed E-state index contributed by atoms with van der Waals surface area (Å²) in [6.45, 7) is 1.40. The van der Waals surface area contributed by atoms with Crippen molar-refractivity contribution in [3.8, 4) is 17.2 Å². The smallest absolute Gasteiger partial charge is 0.231 e. The van der Waals surface area contributed by atoms with Crippen molar-refractivity contribution in [3.05, 3.63) is 54.2 Å². The van der Waals surface area contributed by atoms with E-state index in [1.165, 1.54) is 0 Å². The highest BCUT2D eigenvalue weighted by Gasteiger charge is 2.13. The van der Waals surface area contributed by atoms with Gasteiger partial charge in [0.25, 0.3) is 0 Å². The maximum Gasteiger partial charge on any atom is 0.231 e. The quantitative estimate of drug-likeness (QED) is 0.679. The zero-order valence-electron chi connectivity index (χ0n) is 12.4. The van der Waals surface area contributed by atoms with E-state index in [9.17, 15) is 4.79 Å². The summed E-state index contributed by atoms with van der Waals surface area (Å²) in [5.74, 6) is 2.18. The van der Waals surface area contributed by atoms with E-state index in [2.05, 4.69) is 0 Å². The first kappa shape index (κ1) is 13.7. The Bertz CT molecular complexity index is 869. The fraction of sp³-hybridized carbons (Fsp3) is 0.167. The highest BCUT2D eigenvalue weighted by atomic mass is 16.7. The number of carbonyl (C=O) groups excluding carboxylic acids is 1. The molecule has 23 heavy (non-hydrogen) atoms. The van der Waals surface area contributed by atoms with Crippen molar-refractivity contribution in [1.82, 2.24) is 4.57 Å². The van der Waals surface area contributed by atoms with Gasteiger partial charge in [-0.3, -0.25) is 4.79 Å². The van der Waals surface area contributed by atoms with E-state index in [1.54, 1.807) is 0 Å². The van der Waals surface area contributed by atoms with Crippen LogP contribution in [-0.2, 0) is 6.54 Å². The highest BCUT2D eigenvalue weighted by Crippen LogP contribution is 2.35. The van der Waals surface area contributed by atoms with Crippen molar-refractivity contribution in [2.24, 2.45) is 0 Å². The van der Waals surface area contributed by atoms with Gasteiger partial charge in [0, 0.05) is 28.7 Å². The SMILES string of the molecule is O=Cc1cn(CCOc2ccc3c(c2)OCO3)c2ccccc12. The molecule has 0 spiro atoms. The molecule has 116 valence electrons. The van der Waals surface area contributed by atoms with Crippen LogP contribution < -0.4 is 14.2 Å². The number of nitrogens with zero attached hydrogens (tertiary/aromatic N) is 1. The second kappa shape index (κ2) is 5.68. The third-order valence-corrected chi connectivity index (χ3v) is 3.89. The molecule has 5 nitrogen and oxygen atoms in total. The summed E-state index contributed by atoms with van der Waals surface area (Å²) in [6, 6.07) is 13.4. The van der Waals surface area contributed by atoms with Gasteiger partial charge >= 0.3 is 0 Å². The molecule has 0 fully saturated rings. The van der Waals surface area contributed by atoms with Crippen molar-refractivity contribution in [2.45, 2.75) is 6.54 Å². The van der Waals surface area contributed by atoms with Gasteiger partial charge in [-0.25, -0.2) is 0 Å². The number of carbonyl (C=O) groups is 1. The number of ether oxygens (including phenoxy) is 3. The summed E-state index contributed by atoms with van der Waals surface area (Å²) < 4.78 is 18.4. The van der Waals surface area contributed by atoms with E-state index < -0.39 is 0 Å².